The fourth-order valence-electron chi connectivity index (χ4n) is 4.13. The maximum absolute atomic E-state index is 13.4. The van der Waals surface area contributed by atoms with Crippen LogP contribution < -0.4 is 15.4 Å². The lowest BCUT2D eigenvalue weighted by atomic mass is 10.2. The zero-order chi connectivity index (χ0) is 28.3. The highest BCUT2D eigenvalue weighted by molar-refractivity contribution is 5.93. The number of ether oxygens (including phenoxy) is 2. The maximum atomic E-state index is 13.4. The molecule has 1 amide bonds. The summed E-state index contributed by atoms with van der Waals surface area (Å²) < 4.78 is 25.0. The number of rotatable bonds is 15. The van der Waals surface area contributed by atoms with Gasteiger partial charge in [-0.1, -0.05) is 13.0 Å². The first-order valence-corrected chi connectivity index (χ1v) is 13.5. The van der Waals surface area contributed by atoms with Gasteiger partial charge in [0.15, 0.2) is 5.82 Å². The van der Waals surface area contributed by atoms with E-state index in [4.69, 9.17) is 9.47 Å². The number of carbonyl (C=O) groups excluding carboxylic acids is 1. The van der Waals surface area contributed by atoms with Crippen LogP contribution in [0.15, 0.2) is 54.9 Å². The summed E-state index contributed by atoms with van der Waals surface area (Å²) >= 11 is 0. The number of carbonyl (C=O) groups is 1. The Bertz CT molecular complexity index is 1400. The van der Waals surface area contributed by atoms with Crippen molar-refractivity contribution >= 4 is 34.1 Å². The smallest absolute Gasteiger partial charge is 0.230 e. The molecule has 0 fully saturated rings. The van der Waals surface area contributed by atoms with Crippen molar-refractivity contribution < 1.29 is 18.7 Å². The lowest BCUT2D eigenvalue weighted by Crippen LogP contribution is -2.30. The zero-order valence-electron chi connectivity index (χ0n) is 23.1. The van der Waals surface area contributed by atoms with Crippen LogP contribution in [0.2, 0.25) is 0 Å². The summed E-state index contributed by atoms with van der Waals surface area (Å²) in [6.07, 6.45) is 2.69. The van der Waals surface area contributed by atoms with E-state index < -0.39 is 5.82 Å². The second-order valence-corrected chi connectivity index (χ2v) is 9.60. The molecule has 0 saturated heterocycles. The Morgan fingerprint density at radius 3 is 2.77 bits per heavy atom. The lowest BCUT2D eigenvalue weighted by molar-refractivity contribution is -0.115. The van der Waals surface area contributed by atoms with Crippen LogP contribution in [0.4, 0.5) is 21.7 Å². The minimum absolute atomic E-state index is 0.0537. The van der Waals surface area contributed by atoms with E-state index in [0.29, 0.717) is 29.6 Å². The number of nitrogens with one attached hydrogen (secondary N) is 3. The molecule has 3 N–H and O–H groups in total. The van der Waals surface area contributed by atoms with Gasteiger partial charge in [-0.25, -0.2) is 14.4 Å². The monoisotopic (exact) mass is 549 g/mol. The van der Waals surface area contributed by atoms with Crippen molar-refractivity contribution in [1.82, 2.24) is 25.1 Å². The van der Waals surface area contributed by atoms with Gasteiger partial charge in [0.05, 0.1) is 31.3 Å². The number of amides is 1. The van der Waals surface area contributed by atoms with Crippen LogP contribution in [0, 0.1) is 5.82 Å². The Morgan fingerprint density at radius 1 is 1.10 bits per heavy atom. The van der Waals surface area contributed by atoms with Crippen LogP contribution in [-0.2, 0) is 16.0 Å². The van der Waals surface area contributed by atoms with Crippen molar-refractivity contribution in [2.45, 2.75) is 39.7 Å². The average Bonchev–Trinajstić information content (AvgIpc) is 3.36. The van der Waals surface area contributed by atoms with Gasteiger partial charge in [-0.05, 0) is 57.1 Å². The average molecular weight is 550 g/mol. The highest BCUT2D eigenvalue weighted by atomic mass is 19.1. The third kappa shape index (κ3) is 8.72. The first-order valence-electron chi connectivity index (χ1n) is 13.5. The second kappa shape index (κ2) is 14.3. The number of H-pyrrole nitrogens is 1. The van der Waals surface area contributed by atoms with E-state index in [-0.39, 0.29) is 18.4 Å². The molecule has 0 aliphatic heterocycles. The van der Waals surface area contributed by atoms with Crippen molar-refractivity contribution in [3.8, 4) is 5.75 Å². The summed E-state index contributed by atoms with van der Waals surface area (Å²) in [4.78, 5) is 23.4. The molecule has 40 heavy (non-hydrogen) atoms. The van der Waals surface area contributed by atoms with Crippen LogP contribution in [0.1, 0.15) is 32.9 Å². The van der Waals surface area contributed by atoms with Crippen molar-refractivity contribution in [2.75, 3.05) is 43.5 Å². The van der Waals surface area contributed by atoms with E-state index in [2.05, 4.69) is 42.6 Å². The molecule has 2 aromatic carbocycles. The fourth-order valence-corrected chi connectivity index (χ4v) is 4.13. The second-order valence-electron chi connectivity index (χ2n) is 9.60. The molecule has 0 unspecified atom stereocenters. The van der Waals surface area contributed by atoms with E-state index in [1.54, 1.807) is 12.1 Å². The van der Waals surface area contributed by atoms with Gasteiger partial charge in [0.25, 0.3) is 0 Å². The highest BCUT2D eigenvalue weighted by Crippen LogP contribution is 2.26. The number of anilines is 3. The lowest BCUT2D eigenvalue weighted by Gasteiger charge is -2.21. The highest BCUT2D eigenvalue weighted by Gasteiger charge is 2.11. The first-order chi connectivity index (χ1) is 19.4. The minimum atomic E-state index is -0.413. The van der Waals surface area contributed by atoms with Crippen molar-refractivity contribution in [1.29, 1.82) is 0 Å². The molecule has 2 heterocycles. The summed E-state index contributed by atoms with van der Waals surface area (Å²) in [7, 11) is 0. The van der Waals surface area contributed by atoms with Crippen LogP contribution in [-0.4, -0.2) is 69.9 Å². The van der Waals surface area contributed by atoms with E-state index >= 15 is 0 Å². The van der Waals surface area contributed by atoms with Crippen molar-refractivity contribution in [3.63, 3.8) is 0 Å². The molecule has 4 rings (SSSR count). The SMILES string of the molecule is CCN(CCCOc1ccc2c(Nc3cc(CC(=O)Nc4cccc(F)c4)[nH]n3)ncnc2c1)CCOC(C)C. The molecule has 10 nitrogen and oxygen atoms in total. The topological polar surface area (TPSA) is 117 Å². The standard InChI is InChI=1S/C29H36FN7O3/c1-4-37(12-14-39-20(2)3)11-6-13-40-24-9-10-25-26(18-24)31-19-32-29(25)34-27-16-23(35-36-27)17-28(38)33-22-8-5-7-21(30)15-22/h5,7-10,15-16,18-20H,4,6,11-14,17H2,1-3H3,(H,33,38)(H2,31,32,34,35,36). The Morgan fingerprint density at radius 2 is 1.98 bits per heavy atom. The molecule has 0 spiro atoms. The Kier molecular flexibility index (Phi) is 10.4. The van der Waals surface area contributed by atoms with E-state index in [9.17, 15) is 9.18 Å². The number of nitrogens with zero attached hydrogens (tertiary/aromatic N) is 4. The largest absolute Gasteiger partial charge is 0.493 e. The van der Waals surface area contributed by atoms with E-state index in [0.717, 1.165) is 49.3 Å². The predicted octanol–water partition coefficient (Wildman–Crippen LogP) is 4.93. The Labute approximate surface area is 233 Å². The summed E-state index contributed by atoms with van der Waals surface area (Å²) in [5.41, 5.74) is 1.73. The van der Waals surface area contributed by atoms with Gasteiger partial charge < -0.3 is 25.0 Å². The van der Waals surface area contributed by atoms with Crippen molar-refractivity contribution in [3.05, 3.63) is 66.4 Å². The predicted molar refractivity (Wildman–Crippen MR) is 153 cm³/mol. The van der Waals surface area contributed by atoms with Gasteiger partial charge in [0.1, 0.15) is 23.7 Å². The van der Waals surface area contributed by atoms with Crippen LogP contribution in [0.3, 0.4) is 0 Å². The van der Waals surface area contributed by atoms with Gasteiger partial charge in [-0.2, -0.15) is 5.10 Å². The van der Waals surface area contributed by atoms with Gasteiger partial charge in [0.2, 0.25) is 5.91 Å². The summed E-state index contributed by atoms with van der Waals surface area (Å²) in [6.45, 7) is 10.4. The number of likely N-dealkylation sites (N-methyl/N-ethyl adjacent to an activating group) is 1. The molecule has 0 saturated carbocycles. The van der Waals surface area contributed by atoms with Gasteiger partial charge in [-0.15, -0.1) is 0 Å². The fraction of sp³-hybridized carbons (Fsp3) is 0.379. The number of fused-ring (bicyclic) bond motifs is 1. The number of aromatic nitrogens is 4. The first kappa shape index (κ1) is 28.9. The number of aromatic amines is 1. The van der Waals surface area contributed by atoms with Crippen LogP contribution in [0.5, 0.6) is 5.75 Å². The summed E-state index contributed by atoms with van der Waals surface area (Å²) in [5, 5.41) is 13.7. The number of halogens is 1. The van der Waals surface area contributed by atoms with Crippen molar-refractivity contribution in [2.24, 2.45) is 0 Å². The van der Waals surface area contributed by atoms with Crippen LogP contribution in [0.25, 0.3) is 10.9 Å². The molecule has 0 radical (unpaired) electrons. The Hall–Kier alpha value is -4.09. The molecule has 0 atom stereocenters. The minimum Gasteiger partial charge on any atom is -0.493 e. The quantitative estimate of drug-likeness (QED) is 0.179. The third-order valence-electron chi connectivity index (χ3n) is 6.14. The molecule has 11 heteroatoms. The molecule has 0 bridgehead atoms. The zero-order valence-corrected chi connectivity index (χ0v) is 23.1. The molecular formula is C29H36FN7O3. The van der Waals surface area contributed by atoms with Crippen LogP contribution >= 0.6 is 0 Å². The molecular weight excluding hydrogens is 513 g/mol. The molecule has 212 valence electrons. The number of benzene rings is 2. The van der Waals surface area contributed by atoms with E-state index in [1.807, 2.05) is 32.0 Å². The molecule has 4 aromatic rings. The molecule has 0 aliphatic carbocycles. The third-order valence-corrected chi connectivity index (χ3v) is 6.14. The van der Waals surface area contributed by atoms with Gasteiger partial charge in [-0.3, -0.25) is 9.89 Å². The normalized spacial score (nSPS) is 11.3. The maximum Gasteiger partial charge on any atom is 0.230 e. The summed E-state index contributed by atoms with van der Waals surface area (Å²) in [6, 6.07) is 13.2. The Balaban J connectivity index is 1.29. The molecule has 2 aromatic heterocycles. The molecule has 0 aliphatic rings. The van der Waals surface area contributed by atoms with Gasteiger partial charge in [0, 0.05) is 42.0 Å². The number of hydrogen-bond donors (Lipinski definition) is 3. The van der Waals surface area contributed by atoms with Gasteiger partial charge >= 0.3 is 0 Å². The number of hydrogen-bond acceptors (Lipinski definition) is 8. The van der Waals surface area contributed by atoms with E-state index in [1.165, 1.54) is 24.5 Å². The summed E-state index contributed by atoms with van der Waals surface area (Å²) in [5.74, 6) is 1.14.